The fourth-order valence-electron chi connectivity index (χ4n) is 1.77. The quantitative estimate of drug-likeness (QED) is 0.888. The van der Waals surface area contributed by atoms with Crippen LogP contribution in [0.5, 0.6) is 0 Å². The average molecular weight is 265 g/mol. The lowest BCUT2D eigenvalue weighted by Crippen LogP contribution is -2.09. The average Bonchev–Trinajstić information content (AvgIpc) is 2.53. The summed E-state index contributed by atoms with van der Waals surface area (Å²) in [5.74, 6) is 0.616. The van der Waals surface area contributed by atoms with Crippen molar-refractivity contribution in [1.82, 2.24) is 9.97 Å². The summed E-state index contributed by atoms with van der Waals surface area (Å²) in [6, 6.07) is 0. The highest BCUT2D eigenvalue weighted by Crippen LogP contribution is 2.33. The highest BCUT2D eigenvalue weighted by molar-refractivity contribution is 7.18. The van der Waals surface area contributed by atoms with Gasteiger partial charge >= 0.3 is 5.97 Å². The van der Waals surface area contributed by atoms with E-state index in [1.807, 2.05) is 13.8 Å². The topological polar surface area (TPSA) is 75.1 Å². The van der Waals surface area contributed by atoms with Crippen LogP contribution >= 0.6 is 11.3 Å². The van der Waals surface area contributed by atoms with E-state index in [0.717, 1.165) is 21.6 Å². The van der Waals surface area contributed by atoms with E-state index >= 15 is 0 Å². The Balaban J connectivity index is 2.38. The molecule has 0 saturated carbocycles. The fraction of sp³-hybridized carbons (Fsp3) is 0.417. The molecule has 5 nitrogen and oxygen atoms in total. The first-order chi connectivity index (χ1) is 8.49. The number of thiophene rings is 1. The second-order valence-electron chi connectivity index (χ2n) is 4.15. The predicted molar refractivity (Wildman–Crippen MR) is 72.4 cm³/mol. The maximum atomic E-state index is 10.5. The van der Waals surface area contributed by atoms with Crippen LogP contribution in [0.4, 0.5) is 5.82 Å². The molecule has 2 N–H and O–H groups in total. The molecule has 96 valence electrons. The first-order valence-electron chi connectivity index (χ1n) is 5.69. The number of anilines is 1. The van der Waals surface area contributed by atoms with Crippen LogP contribution in [0.15, 0.2) is 0 Å². The first kappa shape index (κ1) is 12.8. The molecule has 0 amide bonds. The summed E-state index contributed by atoms with van der Waals surface area (Å²) in [7, 11) is 0. The zero-order chi connectivity index (χ0) is 13.3. The van der Waals surface area contributed by atoms with Crippen molar-refractivity contribution in [2.24, 2.45) is 0 Å². The van der Waals surface area contributed by atoms with Crippen molar-refractivity contribution in [3.05, 3.63) is 16.3 Å². The Hall–Kier alpha value is -1.69. The van der Waals surface area contributed by atoms with Gasteiger partial charge in [0, 0.05) is 11.4 Å². The Morgan fingerprint density at radius 1 is 1.33 bits per heavy atom. The second-order valence-corrected chi connectivity index (χ2v) is 5.36. The molecule has 0 aliphatic heterocycles. The fourth-order valence-corrected chi connectivity index (χ4v) is 2.85. The molecule has 0 atom stereocenters. The Labute approximate surface area is 109 Å². The molecule has 2 heterocycles. The molecule has 0 aliphatic rings. The van der Waals surface area contributed by atoms with Gasteiger partial charge in [0.2, 0.25) is 0 Å². The van der Waals surface area contributed by atoms with Gasteiger partial charge in [-0.2, -0.15) is 0 Å². The van der Waals surface area contributed by atoms with E-state index in [9.17, 15) is 4.79 Å². The molecule has 0 bridgehead atoms. The number of fused-ring (bicyclic) bond motifs is 1. The minimum Gasteiger partial charge on any atom is -0.481 e. The number of aryl methyl sites for hydroxylation is 3. The van der Waals surface area contributed by atoms with E-state index < -0.39 is 5.97 Å². The highest BCUT2D eigenvalue weighted by Gasteiger charge is 2.13. The van der Waals surface area contributed by atoms with Gasteiger partial charge in [-0.25, -0.2) is 9.97 Å². The number of rotatable bonds is 4. The lowest BCUT2D eigenvalue weighted by molar-refractivity contribution is -0.136. The monoisotopic (exact) mass is 265 g/mol. The lowest BCUT2D eigenvalue weighted by atomic mass is 10.2. The summed E-state index contributed by atoms with van der Waals surface area (Å²) < 4.78 is 0. The summed E-state index contributed by atoms with van der Waals surface area (Å²) in [6.07, 6.45) is 0.0761. The number of nitrogens with one attached hydrogen (secondary N) is 1. The first-order valence-corrected chi connectivity index (χ1v) is 6.50. The molecule has 0 spiro atoms. The normalized spacial score (nSPS) is 10.8. The Morgan fingerprint density at radius 2 is 2.06 bits per heavy atom. The molecule has 2 rings (SSSR count). The molecule has 0 unspecified atom stereocenters. The van der Waals surface area contributed by atoms with E-state index in [1.54, 1.807) is 11.3 Å². The second kappa shape index (κ2) is 4.89. The number of hydrogen-bond acceptors (Lipinski definition) is 5. The van der Waals surface area contributed by atoms with Crippen molar-refractivity contribution >= 4 is 33.3 Å². The van der Waals surface area contributed by atoms with E-state index in [2.05, 4.69) is 22.2 Å². The minimum atomic E-state index is -0.817. The van der Waals surface area contributed by atoms with E-state index in [4.69, 9.17) is 5.11 Å². The summed E-state index contributed by atoms with van der Waals surface area (Å²) in [5.41, 5.74) is 1.16. The van der Waals surface area contributed by atoms with Crippen LogP contribution in [0, 0.1) is 20.8 Å². The Kier molecular flexibility index (Phi) is 3.47. The molecule has 2 aromatic rings. The number of carbonyl (C=O) groups is 1. The van der Waals surface area contributed by atoms with Gasteiger partial charge < -0.3 is 10.4 Å². The van der Waals surface area contributed by atoms with Gasteiger partial charge in [-0.3, -0.25) is 4.79 Å². The molecule has 0 saturated heterocycles. The van der Waals surface area contributed by atoms with Gasteiger partial charge in [-0.05, 0) is 26.3 Å². The van der Waals surface area contributed by atoms with Crippen molar-refractivity contribution in [2.75, 3.05) is 11.9 Å². The van der Waals surface area contributed by atoms with Gasteiger partial charge in [0.1, 0.15) is 16.5 Å². The smallest absolute Gasteiger partial charge is 0.305 e. The molecule has 18 heavy (non-hydrogen) atoms. The molecule has 6 heteroatoms. The third-order valence-electron chi connectivity index (χ3n) is 2.77. The highest BCUT2D eigenvalue weighted by atomic mass is 32.1. The number of aromatic nitrogens is 2. The van der Waals surface area contributed by atoms with Crippen LogP contribution in [-0.4, -0.2) is 27.6 Å². The SMILES string of the molecule is Cc1nc(NCCC(=O)O)c2c(C)c(C)sc2n1. The largest absolute Gasteiger partial charge is 0.481 e. The number of aliphatic carboxylic acids is 1. The van der Waals surface area contributed by atoms with Gasteiger partial charge in [0.15, 0.2) is 0 Å². The lowest BCUT2D eigenvalue weighted by Gasteiger charge is -2.07. The van der Waals surface area contributed by atoms with Crippen LogP contribution in [0.2, 0.25) is 0 Å². The maximum absolute atomic E-state index is 10.5. The van der Waals surface area contributed by atoms with Crippen LogP contribution in [0.3, 0.4) is 0 Å². The number of hydrogen-bond donors (Lipinski definition) is 2. The molecule has 2 aromatic heterocycles. The molecule has 0 aromatic carbocycles. The van der Waals surface area contributed by atoms with E-state index in [0.29, 0.717) is 12.4 Å². The summed E-state index contributed by atoms with van der Waals surface area (Å²) in [6.45, 7) is 6.30. The minimum absolute atomic E-state index is 0.0761. The summed E-state index contributed by atoms with van der Waals surface area (Å²) in [4.78, 5) is 21.5. The zero-order valence-electron chi connectivity index (χ0n) is 10.6. The van der Waals surface area contributed by atoms with Gasteiger partial charge in [0.05, 0.1) is 11.8 Å². The maximum Gasteiger partial charge on any atom is 0.305 e. The number of nitrogens with zero attached hydrogens (tertiary/aromatic N) is 2. The van der Waals surface area contributed by atoms with Crippen molar-refractivity contribution in [3.63, 3.8) is 0 Å². The van der Waals surface area contributed by atoms with Crippen LogP contribution in [0.1, 0.15) is 22.7 Å². The van der Waals surface area contributed by atoms with E-state index in [1.165, 1.54) is 4.88 Å². The third kappa shape index (κ3) is 2.43. The number of carboxylic acid groups (broad SMARTS) is 1. The van der Waals surface area contributed by atoms with Crippen LogP contribution in [-0.2, 0) is 4.79 Å². The summed E-state index contributed by atoms with van der Waals surface area (Å²) >= 11 is 1.64. The Morgan fingerprint density at radius 3 is 2.72 bits per heavy atom. The predicted octanol–water partition coefficient (Wildman–Crippen LogP) is 2.50. The standard InChI is InChI=1S/C12H15N3O2S/c1-6-7(2)18-12-10(6)11(14-8(3)15-12)13-5-4-9(16)17/h4-5H2,1-3H3,(H,16,17)(H,13,14,15). The van der Waals surface area contributed by atoms with Crippen molar-refractivity contribution in [2.45, 2.75) is 27.2 Å². The van der Waals surface area contributed by atoms with Crippen LogP contribution in [0.25, 0.3) is 10.2 Å². The van der Waals surface area contributed by atoms with Crippen molar-refractivity contribution in [3.8, 4) is 0 Å². The number of carboxylic acids is 1. The van der Waals surface area contributed by atoms with Crippen LogP contribution < -0.4 is 5.32 Å². The molecule has 0 radical (unpaired) electrons. The molecular formula is C12H15N3O2S. The molecular weight excluding hydrogens is 250 g/mol. The van der Waals surface area contributed by atoms with E-state index in [-0.39, 0.29) is 6.42 Å². The Bertz CT molecular complexity index is 607. The third-order valence-corrected chi connectivity index (χ3v) is 3.87. The van der Waals surface area contributed by atoms with Gasteiger partial charge in [0.25, 0.3) is 0 Å². The molecule has 0 aliphatic carbocycles. The van der Waals surface area contributed by atoms with Crippen molar-refractivity contribution < 1.29 is 9.90 Å². The van der Waals surface area contributed by atoms with Gasteiger partial charge in [-0.15, -0.1) is 11.3 Å². The van der Waals surface area contributed by atoms with Gasteiger partial charge in [-0.1, -0.05) is 0 Å². The zero-order valence-corrected chi connectivity index (χ0v) is 11.4. The molecule has 0 fully saturated rings. The van der Waals surface area contributed by atoms with Crippen molar-refractivity contribution in [1.29, 1.82) is 0 Å². The summed E-state index contributed by atoms with van der Waals surface area (Å²) in [5, 5.41) is 12.7.